The van der Waals surface area contributed by atoms with Crippen molar-refractivity contribution >= 4 is 21.9 Å². The van der Waals surface area contributed by atoms with Crippen molar-refractivity contribution in [2.75, 3.05) is 13.7 Å². The van der Waals surface area contributed by atoms with Gasteiger partial charge in [0.2, 0.25) is 0 Å². The number of carbonyl (C=O) groups is 1. The van der Waals surface area contributed by atoms with Gasteiger partial charge in [0, 0.05) is 17.4 Å². The van der Waals surface area contributed by atoms with Crippen molar-refractivity contribution in [3.8, 4) is 5.75 Å². The molecule has 5 heteroatoms. The molecule has 1 heterocycles. The Balaban J connectivity index is 2.06. The highest BCUT2D eigenvalue weighted by molar-refractivity contribution is 9.10. The van der Waals surface area contributed by atoms with Crippen molar-refractivity contribution < 1.29 is 14.3 Å². The lowest BCUT2D eigenvalue weighted by molar-refractivity contribution is -0.142. The first-order valence-corrected chi connectivity index (χ1v) is 7.58. The van der Waals surface area contributed by atoms with Gasteiger partial charge in [-0.2, -0.15) is 0 Å². The Bertz CT molecular complexity index is 490. The lowest BCUT2D eigenvalue weighted by atomic mass is 10.0. The number of hydrogen-bond donors (Lipinski definition) is 1. The summed E-state index contributed by atoms with van der Waals surface area (Å²) in [6.07, 6.45) is 0.637. The molecule has 2 atom stereocenters. The maximum Gasteiger partial charge on any atom is 0.323 e. The summed E-state index contributed by atoms with van der Waals surface area (Å²) in [5, 5.41) is 3.13. The van der Waals surface area contributed by atoms with E-state index >= 15 is 0 Å². The fraction of sp³-hybridized carbons (Fsp3) is 0.533. The molecule has 1 aliphatic rings. The highest BCUT2D eigenvalue weighted by atomic mass is 79.9. The van der Waals surface area contributed by atoms with Crippen LogP contribution in [0.15, 0.2) is 22.7 Å². The Labute approximate surface area is 128 Å². The Morgan fingerprint density at radius 3 is 2.85 bits per heavy atom. The molecule has 1 aliphatic heterocycles. The normalized spacial score (nSPS) is 22.1. The zero-order valence-electron chi connectivity index (χ0n) is 12.0. The van der Waals surface area contributed by atoms with E-state index in [1.807, 2.05) is 12.1 Å². The van der Waals surface area contributed by atoms with E-state index in [9.17, 15) is 4.79 Å². The van der Waals surface area contributed by atoms with Crippen LogP contribution in [0.5, 0.6) is 5.75 Å². The fourth-order valence-electron chi connectivity index (χ4n) is 2.37. The van der Waals surface area contributed by atoms with E-state index in [0.29, 0.717) is 18.9 Å². The average molecular weight is 342 g/mol. The maximum absolute atomic E-state index is 11.5. The predicted octanol–water partition coefficient (Wildman–Crippen LogP) is 2.85. The zero-order valence-corrected chi connectivity index (χ0v) is 13.6. The second kappa shape index (κ2) is 6.59. The molecule has 0 bridgehead atoms. The summed E-state index contributed by atoms with van der Waals surface area (Å²) in [5.74, 6) is 1.05. The molecule has 0 radical (unpaired) electrons. The van der Waals surface area contributed by atoms with Crippen molar-refractivity contribution in [1.29, 1.82) is 0 Å². The summed E-state index contributed by atoms with van der Waals surface area (Å²) in [4.78, 5) is 11.5. The number of nitrogens with one attached hydrogen (secondary N) is 1. The second-order valence-electron chi connectivity index (χ2n) is 5.30. The van der Waals surface area contributed by atoms with E-state index in [-0.39, 0.29) is 18.1 Å². The third kappa shape index (κ3) is 3.52. The summed E-state index contributed by atoms with van der Waals surface area (Å²) >= 11 is 3.49. The molecule has 1 aromatic carbocycles. The predicted molar refractivity (Wildman–Crippen MR) is 81.1 cm³/mol. The topological polar surface area (TPSA) is 47.6 Å². The molecule has 20 heavy (non-hydrogen) atoms. The number of benzene rings is 1. The van der Waals surface area contributed by atoms with Gasteiger partial charge < -0.3 is 14.8 Å². The van der Waals surface area contributed by atoms with Crippen molar-refractivity contribution in [3.05, 3.63) is 28.2 Å². The molecule has 0 saturated carbocycles. The van der Waals surface area contributed by atoms with Gasteiger partial charge in [-0.05, 0) is 29.7 Å². The summed E-state index contributed by atoms with van der Waals surface area (Å²) < 4.78 is 11.9. The molecule has 110 valence electrons. The molecule has 1 aromatic rings. The van der Waals surface area contributed by atoms with Crippen LogP contribution in [0.3, 0.4) is 0 Å². The van der Waals surface area contributed by atoms with Crippen LogP contribution >= 0.6 is 15.9 Å². The molecule has 1 saturated heterocycles. The zero-order chi connectivity index (χ0) is 14.7. The van der Waals surface area contributed by atoms with Crippen molar-refractivity contribution in [2.45, 2.75) is 38.3 Å². The van der Waals surface area contributed by atoms with Gasteiger partial charge >= 0.3 is 5.97 Å². The standard InChI is InChI=1S/C15H20BrNO3/c1-9(2)12-6-10(16)4-5-14(12)20-11-7-13(17-8-11)15(18)19-3/h4-6,9,11,13,17H,7-8H2,1-3H3/t11-,13+/m1/s1. The minimum Gasteiger partial charge on any atom is -0.489 e. The maximum atomic E-state index is 11.5. The van der Waals surface area contributed by atoms with E-state index in [2.05, 4.69) is 41.2 Å². The minimum atomic E-state index is -0.261. The number of rotatable bonds is 4. The summed E-state index contributed by atoms with van der Waals surface area (Å²) in [6.45, 7) is 4.94. The largest absolute Gasteiger partial charge is 0.489 e. The smallest absolute Gasteiger partial charge is 0.323 e. The first-order valence-electron chi connectivity index (χ1n) is 6.78. The average Bonchev–Trinajstić information content (AvgIpc) is 2.88. The number of carbonyl (C=O) groups excluding carboxylic acids is 1. The number of halogens is 1. The minimum absolute atomic E-state index is 0.00206. The third-order valence-corrected chi connectivity index (χ3v) is 3.96. The lowest BCUT2D eigenvalue weighted by Crippen LogP contribution is -2.31. The summed E-state index contributed by atoms with van der Waals surface area (Å²) in [6, 6.07) is 5.77. The van der Waals surface area contributed by atoms with Crippen LogP contribution in [0, 0.1) is 0 Å². The molecular formula is C15H20BrNO3. The van der Waals surface area contributed by atoms with Crippen molar-refractivity contribution in [3.63, 3.8) is 0 Å². The van der Waals surface area contributed by atoms with E-state index in [0.717, 1.165) is 10.2 Å². The van der Waals surface area contributed by atoms with E-state index < -0.39 is 0 Å². The van der Waals surface area contributed by atoms with Gasteiger partial charge in [0.25, 0.3) is 0 Å². The van der Waals surface area contributed by atoms with Crippen LogP contribution in [0.1, 0.15) is 31.7 Å². The first kappa shape index (κ1) is 15.3. The molecule has 0 amide bonds. The molecule has 0 unspecified atom stereocenters. The van der Waals surface area contributed by atoms with Gasteiger partial charge in [0.05, 0.1) is 7.11 Å². The molecule has 1 N–H and O–H groups in total. The van der Waals surface area contributed by atoms with Gasteiger partial charge in [-0.1, -0.05) is 29.8 Å². The monoisotopic (exact) mass is 341 g/mol. The van der Waals surface area contributed by atoms with Crippen LogP contribution in [0.2, 0.25) is 0 Å². The molecule has 0 aliphatic carbocycles. The van der Waals surface area contributed by atoms with Gasteiger partial charge in [0.1, 0.15) is 17.9 Å². The first-order chi connectivity index (χ1) is 9.51. The van der Waals surface area contributed by atoms with Gasteiger partial charge in [0.15, 0.2) is 0 Å². The van der Waals surface area contributed by atoms with Crippen LogP contribution in [-0.2, 0) is 9.53 Å². The Kier molecular flexibility index (Phi) is 5.05. The number of hydrogen-bond acceptors (Lipinski definition) is 4. The van der Waals surface area contributed by atoms with Crippen LogP contribution < -0.4 is 10.1 Å². The quantitative estimate of drug-likeness (QED) is 0.855. The molecule has 1 fully saturated rings. The SMILES string of the molecule is COC(=O)[C@@H]1C[C@@H](Oc2ccc(Br)cc2C(C)C)CN1. The number of ether oxygens (including phenoxy) is 2. The molecule has 0 aromatic heterocycles. The van der Waals surface area contributed by atoms with Gasteiger partial charge in [-0.25, -0.2) is 0 Å². The summed E-state index contributed by atoms with van der Waals surface area (Å²) in [5.41, 5.74) is 1.17. The third-order valence-electron chi connectivity index (χ3n) is 3.46. The second-order valence-corrected chi connectivity index (χ2v) is 6.21. The lowest BCUT2D eigenvalue weighted by Gasteiger charge is -2.18. The molecule has 4 nitrogen and oxygen atoms in total. The summed E-state index contributed by atoms with van der Waals surface area (Å²) in [7, 11) is 1.41. The number of esters is 1. The van der Waals surface area contributed by atoms with Gasteiger partial charge in [-0.3, -0.25) is 4.79 Å². The van der Waals surface area contributed by atoms with E-state index in [1.54, 1.807) is 0 Å². The molecule has 2 rings (SSSR count). The van der Waals surface area contributed by atoms with Crippen molar-refractivity contribution in [1.82, 2.24) is 5.32 Å². The van der Waals surface area contributed by atoms with E-state index in [4.69, 9.17) is 9.47 Å². The van der Waals surface area contributed by atoms with E-state index in [1.165, 1.54) is 12.7 Å². The Morgan fingerprint density at radius 1 is 1.45 bits per heavy atom. The molecule has 0 spiro atoms. The highest BCUT2D eigenvalue weighted by Gasteiger charge is 2.31. The van der Waals surface area contributed by atoms with Crippen LogP contribution in [0.4, 0.5) is 0 Å². The van der Waals surface area contributed by atoms with Gasteiger partial charge in [-0.15, -0.1) is 0 Å². The highest BCUT2D eigenvalue weighted by Crippen LogP contribution is 2.31. The Morgan fingerprint density at radius 2 is 2.20 bits per heavy atom. The van der Waals surface area contributed by atoms with Crippen LogP contribution in [0.25, 0.3) is 0 Å². The van der Waals surface area contributed by atoms with Crippen molar-refractivity contribution in [2.24, 2.45) is 0 Å². The Hall–Kier alpha value is -1.07. The van der Waals surface area contributed by atoms with Crippen LogP contribution in [-0.4, -0.2) is 31.8 Å². The molecular weight excluding hydrogens is 322 g/mol. The fourth-order valence-corrected chi connectivity index (χ4v) is 2.75. The number of methoxy groups -OCH3 is 1.